The largest absolute Gasteiger partial charge is 0.462 e. The van der Waals surface area contributed by atoms with Gasteiger partial charge in [-0.25, -0.2) is 9.59 Å². The molecule has 1 aromatic carbocycles. The molecular weight excluding hydrogens is 402 g/mol. The molecule has 6 nitrogen and oxygen atoms in total. The fourth-order valence-corrected chi connectivity index (χ4v) is 2.12. The van der Waals surface area contributed by atoms with Crippen molar-refractivity contribution in [1.82, 2.24) is 5.32 Å². The monoisotopic (exact) mass is 425 g/mol. The Morgan fingerprint density at radius 2 is 1.73 bits per heavy atom. The third kappa shape index (κ3) is 7.06. The summed E-state index contributed by atoms with van der Waals surface area (Å²) in [4.78, 5) is 24.7. The third-order valence-electron chi connectivity index (χ3n) is 2.83. The van der Waals surface area contributed by atoms with Gasteiger partial charge in [-0.3, -0.25) is 5.32 Å². The normalized spacial score (nSPS) is 13.0. The van der Waals surface area contributed by atoms with E-state index in [0.717, 1.165) is 4.47 Å². The van der Waals surface area contributed by atoms with Gasteiger partial charge in [0.15, 0.2) is 0 Å². The van der Waals surface area contributed by atoms with Crippen LogP contribution >= 0.6 is 15.9 Å². The van der Waals surface area contributed by atoms with Crippen LogP contribution in [0.1, 0.15) is 40.2 Å². The minimum absolute atomic E-state index is 0.115. The van der Waals surface area contributed by atoms with E-state index in [1.165, 1.54) is 0 Å². The van der Waals surface area contributed by atoms with Crippen LogP contribution in [0, 0.1) is 11.8 Å². The molecule has 1 aromatic rings. The molecule has 1 amide bonds. The molecule has 0 aliphatic carbocycles. The van der Waals surface area contributed by atoms with Gasteiger partial charge in [0, 0.05) is 16.6 Å². The maximum Gasteiger partial charge on any atom is 0.411 e. The number of rotatable bonds is 5. The maximum atomic E-state index is 12.5. The van der Waals surface area contributed by atoms with Gasteiger partial charge in [-0.1, -0.05) is 21.9 Å². The Morgan fingerprint density at radius 1 is 1.12 bits per heavy atom. The number of amides is 1. The van der Waals surface area contributed by atoms with Crippen molar-refractivity contribution in [2.75, 3.05) is 13.2 Å². The summed E-state index contributed by atoms with van der Waals surface area (Å²) >= 11 is 3.34. The Balaban J connectivity index is 3.23. The second-order valence-electron chi connectivity index (χ2n) is 6.22. The van der Waals surface area contributed by atoms with E-state index in [-0.39, 0.29) is 13.2 Å². The van der Waals surface area contributed by atoms with Gasteiger partial charge in [0.05, 0.1) is 6.61 Å². The highest BCUT2D eigenvalue weighted by atomic mass is 79.9. The predicted molar refractivity (Wildman–Crippen MR) is 101 cm³/mol. The van der Waals surface area contributed by atoms with Crippen LogP contribution in [0.25, 0.3) is 0 Å². The molecular formula is C19H24BrNO5. The Bertz CT molecular complexity index is 685. The van der Waals surface area contributed by atoms with Gasteiger partial charge in [-0.2, -0.15) is 0 Å². The van der Waals surface area contributed by atoms with Crippen LogP contribution in [-0.4, -0.2) is 36.6 Å². The number of hydrogen-bond acceptors (Lipinski definition) is 5. The van der Waals surface area contributed by atoms with Crippen LogP contribution in [-0.2, 0) is 19.0 Å². The molecule has 26 heavy (non-hydrogen) atoms. The van der Waals surface area contributed by atoms with Crippen LogP contribution in [0.4, 0.5) is 4.79 Å². The lowest BCUT2D eigenvalue weighted by atomic mass is 10.1. The summed E-state index contributed by atoms with van der Waals surface area (Å²) in [6, 6.07) is 7.18. The van der Waals surface area contributed by atoms with E-state index in [4.69, 9.17) is 14.2 Å². The lowest BCUT2D eigenvalue weighted by molar-refractivity contribution is -0.167. The highest BCUT2D eigenvalue weighted by Crippen LogP contribution is 2.15. The van der Waals surface area contributed by atoms with Crippen LogP contribution < -0.4 is 5.32 Å². The van der Waals surface area contributed by atoms with Gasteiger partial charge in [0.1, 0.15) is 5.60 Å². The fourth-order valence-electron chi connectivity index (χ4n) is 1.85. The molecule has 0 saturated heterocycles. The van der Waals surface area contributed by atoms with Crippen LogP contribution in [0.15, 0.2) is 28.7 Å². The van der Waals surface area contributed by atoms with E-state index in [1.807, 2.05) is 12.1 Å². The van der Waals surface area contributed by atoms with Gasteiger partial charge in [0.2, 0.25) is 0 Å². The van der Waals surface area contributed by atoms with Crippen LogP contribution in [0.3, 0.4) is 0 Å². The van der Waals surface area contributed by atoms with Crippen molar-refractivity contribution in [3.8, 4) is 11.8 Å². The molecule has 0 radical (unpaired) electrons. The number of carbonyl (C=O) groups is 2. The van der Waals surface area contributed by atoms with Crippen molar-refractivity contribution in [2.45, 2.75) is 45.9 Å². The molecule has 0 bridgehead atoms. The molecule has 0 aliphatic rings. The molecule has 0 aromatic heterocycles. The average Bonchev–Trinajstić information content (AvgIpc) is 2.52. The zero-order valence-electron chi connectivity index (χ0n) is 15.6. The van der Waals surface area contributed by atoms with E-state index < -0.39 is 23.4 Å². The average molecular weight is 426 g/mol. The van der Waals surface area contributed by atoms with E-state index in [2.05, 4.69) is 33.1 Å². The first kappa shape index (κ1) is 22.0. The first-order valence-electron chi connectivity index (χ1n) is 8.23. The third-order valence-corrected chi connectivity index (χ3v) is 3.36. The zero-order valence-corrected chi connectivity index (χ0v) is 17.2. The molecule has 0 aliphatic heterocycles. The van der Waals surface area contributed by atoms with E-state index >= 15 is 0 Å². The number of hydrogen-bond donors (Lipinski definition) is 1. The van der Waals surface area contributed by atoms with Gasteiger partial charge in [-0.05, 0) is 64.8 Å². The molecule has 1 rings (SSSR count). The van der Waals surface area contributed by atoms with Crippen molar-refractivity contribution < 1.29 is 23.8 Å². The van der Waals surface area contributed by atoms with Gasteiger partial charge in [0.25, 0.3) is 0 Å². The van der Waals surface area contributed by atoms with Gasteiger partial charge in [-0.15, -0.1) is 0 Å². The molecule has 1 atom stereocenters. The minimum Gasteiger partial charge on any atom is -0.462 e. The summed E-state index contributed by atoms with van der Waals surface area (Å²) in [5, 5.41) is 2.41. The maximum absolute atomic E-state index is 12.5. The van der Waals surface area contributed by atoms with Crippen molar-refractivity contribution in [1.29, 1.82) is 0 Å². The van der Waals surface area contributed by atoms with Crippen molar-refractivity contribution in [2.24, 2.45) is 0 Å². The number of benzene rings is 1. The van der Waals surface area contributed by atoms with Crippen LogP contribution in [0.2, 0.25) is 0 Å². The smallest absolute Gasteiger partial charge is 0.411 e. The Hall–Kier alpha value is -2.04. The summed E-state index contributed by atoms with van der Waals surface area (Å²) in [6.07, 6.45) is -0.830. The SMILES string of the molecule is CCOC(=O)C(C#Cc1ccc(Br)cc1)(NC(=O)OC(C)(C)C)OCC. The number of esters is 1. The molecule has 1 N–H and O–H groups in total. The van der Waals surface area contributed by atoms with Gasteiger partial charge >= 0.3 is 17.8 Å². The molecule has 0 heterocycles. The molecule has 142 valence electrons. The number of ether oxygens (including phenoxy) is 3. The number of carbonyl (C=O) groups excluding carboxylic acids is 2. The first-order chi connectivity index (χ1) is 12.1. The molecule has 0 fully saturated rings. The standard InChI is InChI=1S/C19H24BrNO5/c1-6-24-16(22)19(25-7-2,21-17(23)26-18(3,4)5)13-12-14-8-10-15(20)11-9-14/h8-11H,6-7H2,1-5H3,(H,21,23). The quantitative estimate of drug-likeness (QED) is 0.442. The molecule has 0 spiro atoms. The topological polar surface area (TPSA) is 73.9 Å². The molecule has 0 saturated carbocycles. The predicted octanol–water partition coefficient (Wildman–Crippen LogP) is 3.62. The van der Waals surface area contributed by atoms with Crippen LogP contribution in [0.5, 0.6) is 0 Å². The second kappa shape index (κ2) is 9.60. The van der Waals surface area contributed by atoms with Crippen molar-refractivity contribution in [3.63, 3.8) is 0 Å². The second-order valence-corrected chi connectivity index (χ2v) is 7.13. The minimum atomic E-state index is -1.96. The van der Waals surface area contributed by atoms with E-state index in [0.29, 0.717) is 5.56 Å². The highest BCUT2D eigenvalue weighted by molar-refractivity contribution is 9.10. The van der Waals surface area contributed by atoms with E-state index in [9.17, 15) is 9.59 Å². The summed E-state index contributed by atoms with van der Waals surface area (Å²) in [5.74, 6) is 4.73. The fraction of sp³-hybridized carbons (Fsp3) is 0.474. The number of halogens is 1. The summed E-state index contributed by atoms with van der Waals surface area (Å²) < 4.78 is 16.7. The summed E-state index contributed by atoms with van der Waals surface area (Å²) in [7, 11) is 0. The van der Waals surface area contributed by atoms with Crippen molar-refractivity contribution >= 4 is 28.0 Å². The molecule has 1 unspecified atom stereocenters. The lowest BCUT2D eigenvalue weighted by Crippen LogP contribution is -2.57. The molecule has 7 heteroatoms. The summed E-state index contributed by atoms with van der Waals surface area (Å²) in [5.41, 5.74) is -2.05. The Morgan fingerprint density at radius 3 is 2.23 bits per heavy atom. The zero-order chi connectivity index (χ0) is 19.8. The van der Waals surface area contributed by atoms with E-state index in [1.54, 1.807) is 46.8 Å². The summed E-state index contributed by atoms with van der Waals surface area (Å²) in [6.45, 7) is 8.73. The highest BCUT2D eigenvalue weighted by Gasteiger charge is 2.42. The van der Waals surface area contributed by atoms with Crippen molar-refractivity contribution in [3.05, 3.63) is 34.3 Å². The number of nitrogens with one attached hydrogen (secondary N) is 1. The first-order valence-corrected chi connectivity index (χ1v) is 9.02. The Labute approximate surface area is 162 Å². The lowest BCUT2D eigenvalue weighted by Gasteiger charge is -2.28. The Kier molecular flexibility index (Phi) is 8.12. The van der Waals surface area contributed by atoms with Gasteiger partial charge < -0.3 is 14.2 Å². The number of alkyl carbamates (subject to hydrolysis) is 1.